The topological polar surface area (TPSA) is 63.1 Å². The number of fused-ring (bicyclic) bond motifs is 1. The van der Waals surface area contributed by atoms with E-state index in [9.17, 15) is 4.79 Å². The van der Waals surface area contributed by atoms with Crippen LogP contribution in [-0.2, 0) is 17.6 Å². The van der Waals surface area contributed by atoms with Crippen molar-refractivity contribution in [2.45, 2.75) is 19.3 Å². The molecule has 1 unspecified atom stereocenters. The van der Waals surface area contributed by atoms with Crippen molar-refractivity contribution in [3.8, 4) is 0 Å². The van der Waals surface area contributed by atoms with Crippen LogP contribution in [0.25, 0.3) is 0 Å². The summed E-state index contributed by atoms with van der Waals surface area (Å²) in [5.41, 5.74) is 0.998. The summed E-state index contributed by atoms with van der Waals surface area (Å²) in [6.07, 6.45) is 2.08. The van der Waals surface area contributed by atoms with E-state index in [1.807, 2.05) is 0 Å². The number of aliphatic carboxylic acids is 1. The van der Waals surface area contributed by atoms with Crippen molar-refractivity contribution >= 4 is 17.5 Å². The van der Waals surface area contributed by atoms with E-state index in [2.05, 4.69) is 9.59 Å². The van der Waals surface area contributed by atoms with Crippen molar-refractivity contribution in [2.75, 3.05) is 0 Å². The first kappa shape index (κ1) is 7.67. The van der Waals surface area contributed by atoms with Gasteiger partial charge in [-0.1, -0.05) is 4.49 Å². The molecular weight excluding hydrogens is 176 g/mol. The Bertz CT molecular complexity index is 310. The molecule has 2 rings (SSSR count). The van der Waals surface area contributed by atoms with Gasteiger partial charge in [-0.25, -0.2) is 0 Å². The predicted octanol–water partition coefficient (Wildman–Crippen LogP) is 0.728. The van der Waals surface area contributed by atoms with E-state index in [-0.39, 0.29) is 5.92 Å². The van der Waals surface area contributed by atoms with Crippen molar-refractivity contribution in [2.24, 2.45) is 5.92 Å². The Kier molecular flexibility index (Phi) is 1.80. The second-order valence-corrected chi connectivity index (χ2v) is 3.76. The molecule has 5 heteroatoms. The van der Waals surface area contributed by atoms with Gasteiger partial charge in [0.15, 0.2) is 0 Å². The highest BCUT2D eigenvalue weighted by atomic mass is 32.1. The predicted molar refractivity (Wildman–Crippen MR) is 43.1 cm³/mol. The maximum absolute atomic E-state index is 10.6. The quantitative estimate of drug-likeness (QED) is 0.698. The number of rotatable bonds is 1. The van der Waals surface area contributed by atoms with Crippen LogP contribution in [0, 0.1) is 5.92 Å². The molecule has 0 aliphatic heterocycles. The van der Waals surface area contributed by atoms with Gasteiger partial charge in [0.2, 0.25) is 0 Å². The van der Waals surface area contributed by atoms with Crippen LogP contribution in [0.5, 0.6) is 0 Å². The SMILES string of the molecule is O=C(O)C1CCc2nnsc2C1. The van der Waals surface area contributed by atoms with Crippen LogP contribution in [-0.4, -0.2) is 20.7 Å². The average Bonchev–Trinajstić information content (AvgIpc) is 2.49. The highest BCUT2D eigenvalue weighted by Crippen LogP contribution is 2.26. The monoisotopic (exact) mass is 184 g/mol. The van der Waals surface area contributed by atoms with Crippen LogP contribution in [0.15, 0.2) is 0 Å². The number of aromatic nitrogens is 2. The molecule has 0 aromatic carbocycles. The first-order valence-corrected chi connectivity index (χ1v) is 4.57. The third-order valence-corrected chi connectivity index (χ3v) is 2.93. The number of hydrogen-bond donors (Lipinski definition) is 1. The van der Waals surface area contributed by atoms with Gasteiger partial charge in [-0.05, 0) is 30.8 Å². The fourth-order valence-electron chi connectivity index (χ4n) is 1.42. The minimum Gasteiger partial charge on any atom is -0.481 e. The summed E-state index contributed by atoms with van der Waals surface area (Å²) in [5, 5.41) is 12.7. The van der Waals surface area contributed by atoms with Crippen LogP contribution in [0.2, 0.25) is 0 Å². The van der Waals surface area contributed by atoms with E-state index in [0.717, 1.165) is 17.0 Å². The van der Waals surface area contributed by atoms with Crippen molar-refractivity contribution in [1.29, 1.82) is 0 Å². The molecule has 0 saturated carbocycles. The molecule has 1 N–H and O–H groups in total. The lowest BCUT2D eigenvalue weighted by Gasteiger charge is -2.15. The highest BCUT2D eigenvalue weighted by molar-refractivity contribution is 7.05. The Morgan fingerprint density at radius 1 is 1.67 bits per heavy atom. The number of aryl methyl sites for hydroxylation is 1. The zero-order valence-corrected chi connectivity index (χ0v) is 7.17. The summed E-state index contributed by atoms with van der Waals surface area (Å²) in [5.74, 6) is -0.922. The summed E-state index contributed by atoms with van der Waals surface area (Å²) in [4.78, 5) is 11.7. The number of carboxylic acid groups (broad SMARTS) is 1. The third kappa shape index (κ3) is 1.20. The van der Waals surface area contributed by atoms with Crippen LogP contribution < -0.4 is 0 Å². The summed E-state index contributed by atoms with van der Waals surface area (Å²) in [7, 11) is 0. The third-order valence-electron chi connectivity index (χ3n) is 2.15. The van der Waals surface area contributed by atoms with E-state index in [4.69, 9.17) is 5.11 Å². The standard InChI is InChI=1S/C7H8N2O2S/c10-7(11)4-1-2-5-6(3-4)12-9-8-5/h4H,1-3H2,(H,10,11). The van der Waals surface area contributed by atoms with Gasteiger partial charge in [-0.2, -0.15) is 0 Å². The molecule has 1 aromatic rings. The van der Waals surface area contributed by atoms with Crippen LogP contribution in [0.1, 0.15) is 17.0 Å². The van der Waals surface area contributed by atoms with Gasteiger partial charge in [0.25, 0.3) is 0 Å². The minimum atomic E-state index is -0.700. The van der Waals surface area contributed by atoms with E-state index in [0.29, 0.717) is 12.8 Å². The Morgan fingerprint density at radius 2 is 2.50 bits per heavy atom. The fourth-order valence-corrected chi connectivity index (χ4v) is 2.18. The second kappa shape index (κ2) is 2.82. The molecule has 0 fully saturated rings. The highest BCUT2D eigenvalue weighted by Gasteiger charge is 2.26. The number of carboxylic acids is 1. The molecular formula is C7H8N2O2S. The van der Waals surface area contributed by atoms with Crippen molar-refractivity contribution in [3.05, 3.63) is 10.6 Å². The Morgan fingerprint density at radius 3 is 3.25 bits per heavy atom. The maximum atomic E-state index is 10.6. The first-order chi connectivity index (χ1) is 5.77. The Hall–Kier alpha value is -0.970. The molecule has 64 valence electrons. The second-order valence-electron chi connectivity index (χ2n) is 2.92. The van der Waals surface area contributed by atoms with Crippen molar-refractivity contribution < 1.29 is 9.90 Å². The molecule has 0 radical (unpaired) electrons. The molecule has 0 bridgehead atoms. The molecule has 1 aliphatic rings. The molecule has 0 saturated heterocycles. The van der Waals surface area contributed by atoms with Gasteiger partial charge < -0.3 is 5.11 Å². The molecule has 1 heterocycles. The molecule has 1 aliphatic carbocycles. The van der Waals surface area contributed by atoms with Gasteiger partial charge >= 0.3 is 5.97 Å². The fraction of sp³-hybridized carbons (Fsp3) is 0.571. The van der Waals surface area contributed by atoms with Crippen molar-refractivity contribution in [3.63, 3.8) is 0 Å². The smallest absolute Gasteiger partial charge is 0.306 e. The zero-order chi connectivity index (χ0) is 8.55. The van der Waals surface area contributed by atoms with Crippen molar-refractivity contribution in [1.82, 2.24) is 9.59 Å². The van der Waals surface area contributed by atoms with E-state index < -0.39 is 5.97 Å². The largest absolute Gasteiger partial charge is 0.481 e. The summed E-state index contributed by atoms with van der Waals surface area (Å²) >= 11 is 1.32. The zero-order valence-electron chi connectivity index (χ0n) is 6.36. The van der Waals surface area contributed by atoms with Gasteiger partial charge in [0, 0.05) is 4.88 Å². The van der Waals surface area contributed by atoms with E-state index >= 15 is 0 Å². The van der Waals surface area contributed by atoms with Crippen LogP contribution >= 0.6 is 11.5 Å². The van der Waals surface area contributed by atoms with E-state index in [1.165, 1.54) is 11.5 Å². The summed E-state index contributed by atoms with van der Waals surface area (Å²) in [6.45, 7) is 0. The molecule has 0 amide bonds. The molecule has 1 aromatic heterocycles. The Balaban J connectivity index is 2.20. The molecule has 1 atom stereocenters. The number of hydrogen-bond acceptors (Lipinski definition) is 4. The van der Waals surface area contributed by atoms with E-state index in [1.54, 1.807) is 0 Å². The molecule has 4 nitrogen and oxygen atoms in total. The molecule has 12 heavy (non-hydrogen) atoms. The average molecular weight is 184 g/mol. The van der Waals surface area contributed by atoms with Crippen LogP contribution in [0.4, 0.5) is 0 Å². The lowest BCUT2D eigenvalue weighted by molar-refractivity contribution is -0.142. The first-order valence-electron chi connectivity index (χ1n) is 3.80. The maximum Gasteiger partial charge on any atom is 0.306 e. The van der Waals surface area contributed by atoms with Gasteiger partial charge in [0.05, 0.1) is 11.6 Å². The normalized spacial score (nSPS) is 21.8. The lowest BCUT2D eigenvalue weighted by atomic mass is 9.91. The number of nitrogens with zero attached hydrogens (tertiary/aromatic N) is 2. The minimum absolute atomic E-state index is 0.222. The van der Waals surface area contributed by atoms with Gasteiger partial charge in [-0.3, -0.25) is 4.79 Å². The van der Waals surface area contributed by atoms with Gasteiger partial charge in [-0.15, -0.1) is 5.10 Å². The number of carbonyl (C=O) groups is 1. The summed E-state index contributed by atoms with van der Waals surface area (Å²) in [6, 6.07) is 0. The van der Waals surface area contributed by atoms with Gasteiger partial charge in [0.1, 0.15) is 0 Å². The van der Waals surface area contributed by atoms with Crippen LogP contribution in [0.3, 0.4) is 0 Å². The summed E-state index contributed by atoms with van der Waals surface area (Å²) < 4.78 is 3.80. The lowest BCUT2D eigenvalue weighted by Crippen LogP contribution is -2.21. The molecule has 0 spiro atoms. The Labute approximate surface area is 73.4 Å².